The van der Waals surface area contributed by atoms with Crippen LogP contribution < -0.4 is 5.32 Å². The van der Waals surface area contributed by atoms with Crippen LogP contribution in [-0.4, -0.2) is 34.8 Å². The van der Waals surface area contributed by atoms with Crippen LogP contribution in [0.4, 0.5) is 0 Å². The molecule has 80 valence electrons. The number of carbonyl (C=O) groups is 2. The van der Waals surface area contributed by atoms with Gasteiger partial charge in [0.1, 0.15) is 12.6 Å². The van der Waals surface area contributed by atoms with Gasteiger partial charge in [-0.25, -0.2) is 0 Å². The van der Waals surface area contributed by atoms with E-state index in [1.54, 1.807) is 4.90 Å². The predicted octanol–water partition coefficient (Wildman–Crippen LogP) is 0.522. The second-order valence-corrected chi connectivity index (χ2v) is 4.62. The first-order chi connectivity index (χ1) is 6.36. The zero-order valence-electron chi connectivity index (χ0n) is 9.26. The molecule has 14 heavy (non-hydrogen) atoms. The fourth-order valence-corrected chi connectivity index (χ4v) is 1.56. The first-order valence-electron chi connectivity index (χ1n) is 4.97. The molecular formula is C10H18N2O2. The Hall–Kier alpha value is -1.06. The molecule has 0 aromatic rings. The van der Waals surface area contributed by atoms with Gasteiger partial charge in [-0.2, -0.15) is 0 Å². The van der Waals surface area contributed by atoms with Gasteiger partial charge in [0.15, 0.2) is 0 Å². The molecule has 0 radical (unpaired) electrons. The summed E-state index contributed by atoms with van der Waals surface area (Å²) in [7, 11) is 0. The maximum Gasteiger partial charge on any atom is 0.246 e. The van der Waals surface area contributed by atoms with Crippen LogP contribution in [0.2, 0.25) is 0 Å². The van der Waals surface area contributed by atoms with E-state index in [1.165, 1.54) is 0 Å². The lowest BCUT2D eigenvalue weighted by atomic mass is 10.0. The van der Waals surface area contributed by atoms with E-state index >= 15 is 0 Å². The summed E-state index contributed by atoms with van der Waals surface area (Å²) in [6, 6.07) is -0.338. The molecule has 1 aliphatic rings. The van der Waals surface area contributed by atoms with Crippen LogP contribution in [0.5, 0.6) is 0 Å². The molecule has 0 aliphatic carbocycles. The Balaban J connectivity index is 2.86. The van der Waals surface area contributed by atoms with E-state index in [1.807, 2.05) is 27.7 Å². The quantitative estimate of drug-likeness (QED) is 0.668. The second kappa shape index (κ2) is 3.59. The fraction of sp³-hybridized carbons (Fsp3) is 0.800. The van der Waals surface area contributed by atoms with Crippen LogP contribution in [-0.2, 0) is 9.59 Å². The monoisotopic (exact) mass is 198 g/mol. The third-order valence-corrected chi connectivity index (χ3v) is 2.42. The first kappa shape index (κ1) is 11.0. The van der Waals surface area contributed by atoms with E-state index in [0.29, 0.717) is 6.42 Å². The molecule has 1 aliphatic heterocycles. The summed E-state index contributed by atoms with van der Waals surface area (Å²) >= 11 is 0. The number of nitrogens with one attached hydrogen (secondary N) is 1. The summed E-state index contributed by atoms with van der Waals surface area (Å²) in [6.45, 7) is 7.90. The third kappa shape index (κ3) is 2.05. The van der Waals surface area contributed by atoms with Gasteiger partial charge < -0.3 is 10.2 Å². The van der Waals surface area contributed by atoms with Crippen molar-refractivity contribution >= 4 is 11.8 Å². The van der Waals surface area contributed by atoms with Gasteiger partial charge in [-0.3, -0.25) is 9.59 Å². The summed E-state index contributed by atoms with van der Waals surface area (Å²) in [6.07, 6.45) is 0.650. The molecule has 0 bridgehead atoms. The topological polar surface area (TPSA) is 49.4 Å². The number of amides is 2. The molecule has 0 spiro atoms. The zero-order valence-corrected chi connectivity index (χ0v) is 9.26. The minimum absolute atomic E-state index is 0.0274. The predicted molar refractivity (Wildman–Crippen MR) is 53.7 cm³/mol. The van der Waals surface area contributed by atoms with Gasteiger partial charge in [0, 0.05) is 5.54 Å². The maximum absolute atomic E-state index is 11.9. The lowest BCUT2D eigenvalue weighted by Crippen LogP contribution is -2.62. The van der Waals surface area contributed by atoms with Crippen molar-refractivity contribution in [1.29, 1.82) is 0 Å². The highest BCUT2D eigenvalue weighted by atomic mass is 16.2. The molecule has 4 heteroatoms. The van der Waals surface area contributed by atoms with Crippen molar-refractivity contribution in [2.24, 2.45) is 0 Å². The standard InChI is InChI=1S/C10H18N2O2/c1-5-7-9(14)12(10(2,3)4)6-8(13)11-7/h7H,5-6H2,1-4H3,(H,11,13). The number of rotatable bonds is 1. The second-order valence-electron chi connectivity index (χ2n) is 4.62. The highest BCUT2D eigenvalue weighted by Crippen LogP contribution is 2.17. The first-order valence-corrected chi connectivity index (χ1v) is 4.97. The summed E-state index contributed by atoms with van der Waals surface area (Å²) in [5.74, 6) is -0.0361. The van der Waals surface area contributed by atoms with Crippen LogP contribution in [0.1, 0.15) is 34.1 Å². The molecule has 1 atom stereocenters. The summed E-state index contributed by atoms with van der Waals surface area (Å²) < 4.78 is 0. The summed E-state index contributed by atoms with van der Waals surface area (Å²) in [5.41, 5.74) is -0.276. The molecule has 0 aromatic carbocycles. The normalized spacial score (nSPS) is 23.7. The molecule has 1 unspecified atom stereocenters. The Morgan fingerprint density at radius 3 is 2.43 bits per heavy atom. The minimum atomic E-state index is -0.338. The molecular weight excluding hydrogens is 180 g/mol. The van der Waals surface area contributed by atoms with Gasteiger partial charge in [0.05, 0.1) is 0 Å². The molecule has 1 N–H and O–H groups in total. The van der Waals surface area contributed by atoms with E-state index < -0.39 is 0 Å². The lowest BCUT2D eigenvalue weighted by molar-refractivity contribution is -0.149. The van der Waals surface area contributed by atoms with Gasteiger partial charge in [-0.1, -0.05) is 6.92 Å². The van der Waals surface area contributed by atoms with Crippen molar-refractivity contribution < 1.29 is 9.59 Å². The van der Waals surface area contributed by atoms with Gasteiger partial charge in [0.2, 0.25) is 11.8 Å². The fourth-order valence-electron chi connectivity index (χ4n) is 1.56. The van der Waals surface area contributed by atoms with Crippen LogP contribution >= 0.6 is 0 Å². The van der Waals surface area contributed by atoms with Crippen molar-refractivity contribution in [3.63, 3.8) is 0 Å². The summed E-state index contributed by atoms with van der Waals surface area (Å²) in [4.78, 5) is 24.8. The Bertz CT molecular complexity index is 255. The average Bonchev–Trinajstić information content (AvgIpc) is 2.06. The van der Waals surface area contributed by atoms with Crippen molar-refractivity contribution in [3.05, 3.63) is 0 Å². The molecule has 1 saturated heterocycles. The molecule has 1 rings (SSSR count). The lowest BCUT2D eigenvalue weighted by Gasteiger charge is -2.40. The third-order valence-electron chi connectivity index (χ3n) is 2.42. The summed E-state index contributed by atoms with van der Waals surface area (Å²) in [5, 5.41) is 2.69. The van der Waals surface area contributed by atoms with Crippen molar-refractivity contribution in [3.8, 4) is 0 Å². The highest BCUT2D eigenvalue weighted by Gasteiger charge is 2.37. The van der Waals surface area contributed by atoms with E-state index in [0.717, 1.165) is 0 Å². The number of carbonyl (C=O) groups excluding carboxylic acids is 2. The van der Waals surface area contributed by atoms with Crippen LogP contribution in [0.15, 0.2) is 0 Å². The van der Waals surface area contributed by atoms with Crippen LogP contribution in [0, 0.1) is 0 Å². The van der Waals surface area contributed by atoms with Gasteiger partial charge in [0.25, 0.3) is 0 Å². The Labute approximate surface area is 84.7 Å². The van der Waals surface area contributed by atoms with Gasteiger partial charge >= 0.3 is 0 Å². The largest absolute Gasteiger partial charge is 0.343 e. The van der Waals surface area contributed by atoms with Gasteiger partial charge in [-0.15, -0.1) is 0 Å². The maximum atomic E-state index is 11.9. The zero-order chi connectivity index (χ0) is 10.9. The molecule has 1 fully saturated rings. The molecule has 1 heterocycles. The average molecular weight is 198 g/mol. The Morgan fingerprint density at radius 1 is 1.43 bits per heavy atom. The van der Waals surface area contributed by atoms with E-state index in [2.05, 4.69) is 5.32 Å². The number of piperazine rings is 1. The van der Waals surface area contributed by atoms with Crippen molar-refractivity contribution in [2.75, 3.05) is 6.54 Å². The van der Waals surface area contributed by atoms with Crippen molar-refractivity contribution in [2.45, 2.75) is 45.7 Å². The van der Waals surface area contributed by atoms with E-state index in [-0.39, 0.29) is 29.9 Å². The van der Waals surface area contributed by atoms with Crippen LogP contribution in [0.25, 0.3) is 0 Å². The molecule has 2 amide bonds. The Kier molecular flexibility index (Phi) is 2.83. The number of hydrogen-bond acceptors (Lipinski definition) is 2. The Morgan fingerprint density at radius 2 is 2.00 bits per heavy atom. The van der Waals surface area contributed by atoms with Crippen molar-refractivity contribution in [1.82, 2.24) is 10.2 Å². The minimum Gasteiger partial charge on any atom is -0.343 e. The number of nitrogens with zero attached hydrogens (tertiary/aromatic N) is 1. The highest BCUT2D eigenvalue weighted by molar-refractivity contribution is 5.95. The van der Waals surface area contributed by atoms with E-state index in [9.17, 15) is 9.59 Å². The van der Waals surface area contributed by atoms with Crippen LogP contribution in [0.3, 0.4) is 0 Å². The molecule has 0 aromatic heterocycles. The SMILES string of the molecule is CCC1NC(=O)CN(C(C)(C)C)C1=O. The molecule has 4 nitrogen and oxygen atoms in total. The number of hydrogen-bond donors (Lipinski definition) is 1. The molecule has 0 saturated carbocycles. The smallest absolute Gasteiger partial charge is 0.246 e. The van der Waals surface area contributed by atoms with E-state index in [4.69, 9.17) is 0 Å². The van der Waals surface area contributed by atoms with Gasteiger partial charge in [-0.05, 0) is 27.2 Å².